The highest BCUT2D eigenvalue weighted by Crippen LogP contribution is 2.15. The van der Waals surface area contributed by atoms with Crippen molar-refractivity contribution >= 4 is 23.2 Å². The Balaban J connectivity index is 1.98. The fourth-order valence-corrected chi connectivity index (χ4v) is 1.97. The van der Waals surface area contributed by atoms with E-state index in [9.17, 15) is 9.59 Å². The molecule has 25 heavy (non-hydrogen) atoms. The van der Waals surface area contributed by atoms with Gasteiger partial charge >= 0.3 is 0 Å². The molecule has 3 N–H and O–H groups in total. The van der Waals surface area contributed by atoms with Crippen molar-refractivity contribution in [3.8, 4) is 6.07 Å². The number of hydrogen-bond acceptors (Lipinski definition) is 5. The summed E-state index contributed by atoms with van der Waals surface area (Å²) in [6, 6.07) is 12.4. The summed E-state index contributed by atoms with van der Waals surface area (Å²) in [5, 5.41) is 17.4. The molecular weight excluding hydrogens is 318 g/mol. The van der Waals surface area contributed by atoms with Crippen LogP contribution in [0.5, 0.6) is 0 Å². The van der Waals surface area contributed by atoms with Crippen molar-refractivity contribution in [3.63, 3.8) is 0 Å². The van der Waals surface area contributed by atoms with E-state index in [2.05, 4.69) is 20.9 Å². The van der Waals surface area contributed by atoms with Gasteiger partial charge in [-0.15, -0.1) is 0 Å². The van der Waals surface area contributed by atoms with Gasteiger partial charge in [0, 0.05) is 43.4 Å². The predicted octanol–water partition coefficient (Wildman–Crippen LogP) is 2.18. The first-order valence-corrected chi connectivity index (χ1v) is 7.50. The van der Waals surface area contributed by atoms with E-state index in [4.69, 9.17) is 5.26 Å². The van der Waals surface area contributed by atoms with Crippen LogP contribution in [0.15, 0.2) is 60.6 Å². The Morgan fingerprint density at radius 3 is 2.72 bits per heavy atom. The molecule has 0 unspecified atom stereocenters. The predicted molar refractivity (Wildman–Crippen MR) is 94.1 cm³/mol. The van der Waals surface area contributed by atoms with Crippen LogP contribution in [-0.4, -0.2) is 16.8 Å². The summed E-state index contributed by atoms with van der Waals surface area (Å²) < 4.78 is 0. The van der Waals surface area contributed by atoms with Crippen LogP contribution in [0.4, 0.5) is 11.4 Å². The molecule has 0 radical (unpaired) electrons. The Morgan fingerprint density at radius 2 is 2.04 bits per heavy atom. The molecule has 0 atom stereocenters. The van der Waals surface area contributed by atoms with E-state index in [1.54, 1.807) is 42.7 Å². The molecule has 0 aliphatic carbocycles. The summed E-state index contributed by atoms with van der Waals surface area (Å²) in [7, 11) is 0. The summed E-state index contributed by atoms with van der Waals surface area (Å²) in [5.41, 5.74) is 2.03. The van der Waals surface area contributed by atoms with Crippen molar-refractivity contribution in [1.82, 2.24) is 10.3 Å². The van der Waals surface area contributed by atoms with Gasteiger partial charge in [-0.3, -0.25) is 14.6 Å². The van der Waals surface area contributed by atoms with E-state index in [1.165, 1.54) is 13.1 Å². The molecular formula is C18H17N5O2. The van der Waals surface area contributed by atoms with Crippen LogP contribution in [0.25, 0.3) is 0 Å². The van der Waals surface area contributed by atoms with Crippen molar-refractivity contribution in [1.29, 1.82) is 5.26 Å². The number of anilines is 2. The minimum absolute atomic E-state index is 0.0613. The van der Waals surface area contributed by atoms with Gasteiger partial charge in [-0.1, -0.05) is 12.1 Å². The van der Waals surface area contributed by atoms with E-state index >= 15 is 0 Å². The zero-order valence-corrected chi connectivity index (χ0v) is 13.6. The summed E-state index contributed by atoms with van der Waals surface area (Å²) in [5.74, 6) is -0.669. The number of amides is 2. The lowest BCUT2D eigenvalue weighted by Gasteiger charge is -2.07. The molecule has 7 heteroatoms. The Bertz CT molecular complexity index is 825. The van der Waals surface area contributed by atoms with Crippen molar-refractivity contribution in [3.05, 3.63) is 66.1 Å². The average molecular weight is 335 g/mol. The minimum atomic E-state index is -0.489. The summed E-state index contributed by atoms with van der Waals surface area (Å²) in [6.45, 7) is 1.70. The lowest BCUT2D eigenvalue weighted by molar-refractivity contribution is -0.117. The van der Waals surface area contributed by atoms with Gasteiger partial charge in [0.2, 0.25) is 5.91 Å². The summed E-state index contributed by atoms with van der Waals surface area (Å²) >= 11 is 0. The van der Waals surface area contributed by atoms with E-state index in [0.29, 0.717) is 11.4 Å². The fraction of sp³-hybridized carbons (Fsp3) is 0.111. The quantitative estimate of drug-likeness (QED) is 0.554. The summed E-state index contributed by atoms with van der Waals surface area (Å²) in [6.07, 6.45) is 4.61. The normalized spacial score (nSPS) is 10.5. The molecule has 0 aliphatic heterocycles. The monoisotopic (exact) mass is 335 g/mol. The van der Waals surface area contributed by atoms with E-state index in [0.717, 1.165) is 5.56 Å². The maximum Gasteiger partial charge on any atom is 0.263 e. The number of nitrogens with one attached hydrogen (secondary N) is 3. The van der Waals surface area contributed by atoms with E-state index in [-0.39, 0.29) is 18.0 Å². The van der Waals surface area contributed by atoms with Crippen LogP contribution in [0.3, 0.4) is 0 Å². The van der Waals surface area contributed by atoms with Crippen LogP contribution < -0.4 is 16.0 Å². The average Bonchev–Trinajstić information content (AvgIpc) is 2.61. The fourth-order valence-electron chi connectivity index (χ4n) is 1.97. The second-order valence-corrected chi connectivity index (χ2v) is 5.12. The Morgan fingerprint density at radius 1 is 1.24 bits per heavy atom. The first-order valence-electron chi connectivity index (χ1n) is 7.50. The minimum Gasteiger partial charge on any atom is -0.360 e. The number of hydrogen-bond donors (Lipinski definition) is 3. The zero-order chi connectivity index (χ0) is 18.1. The van der Waals surface area contributed by atoms with Gasteiger partial charge in [0.15, 0.2) is 0 Å². The van der Waals surface area contributed by atoms with Gasteiger partial charge in [0.25, 0.3) is 5.91 Å². The van der Waals surface area contributed by atoms with Gasteiger partial charge < -0.3 is 16.0 Å². The number of carbonyl (C=O) groups excluding carboxylic acids is 2. The van der Waals surface area contributed by atoms with Gasteiger partial charge in [-0.25, -0.2) is 0 Å². The van der Waals surface area contributed by atoms with Crippen molar-refractivity contribution in [2.24, 2.45) is 0 Å². The number of aromatic nitrogens is 1. The lowest BCUT2D eigenvalue weighted by atomic mass is 10.2. The first-order chi connectivity index (χ1) is 12.1. The molecule has 0 spiro atoms. The molecule has 0 saturated heterocycles. The third-order valence-electron chi connectivity index (χ3n) is 3.11. The maximum atomic E-state index is 12.1. The molecule has 126 valence electrons. The standard InChI is InChI=1S/C18H17N5O2/c1-13(24)23-17-6-2-5-16(8-17)21-12-15(9-19)18(25)22-11-14-4-3-7-20-10-14/h2-8,10,12,21H,11H2,1H3,(H,22,25)(H,23,24)/b15-12-. The third-order valence-corrected chi connectivity index (χ3v) is 3.11. The molecule has 0 saturated carbocycles. The van der Waals surface area contributed by atoms with Crippen LogP contribution >= 0.6 is 0 Å². The smallest absolute Gasteiger partial charge is 0.263 e. The molecule has 0 fully saturated rings. The highest BCUT2D eigenvalue weighted by Gasteiger charge is 2.08. The van der Waals surface area contributed by atoms with Crippen molar-refractivity contribution in [2.75, 3.05) is 10.6 Å². The largest absolute Gasteiger partial charge is 0.360 e. The molecule has 2 aromatic rings. The van der Waals surface area contributed by atoms with Gasteiger partial charge in [-0.2, -0.15) is 5.26 Å². The van der Waals surface area contributed by atoms with Crippen LogP contribution in [0, 0.1) is 11.3 Å². The molecule has 0 aliphatic rings. The second-order valence-electron chi connectivity index (χ2n) is 5.12. The molecule has 7 nitrogen and oxygen atoms in total. The molecule has 1 heterocycles. The Kier molecular flexibility index (Phi) is 6.25. The molecule has 2 rings (SSSR count). The van der Waals surface area contributed by atoms with E-state index in [1.807, 2.05) is 12.1 Å². The summed E-state index contributed by atoms with van der Waals surface area (Å²) in [4.78, 5) is 27.1. The topological polar surface area (TPSA) is 107 Å². The Hall–Kier alpha value is -3.66. The molecule has 1 aromatic carbocycles. The van der Waals surface area contributed by atoms with Crippen LogP contribution in [0.2, 0.25) is 0 Å². The number of pyridine rings is 1. The highest BCUT2D eigenvalue weighted by molar-refractivity contribution is 5.97. The maximum absolute atomic E-state index is 12.1. The van der Waals surface area contributed by atoms with Crippen LogP contribution in [-0.2, 0) is 16.1 Å². The van der Waals surface area contributed by atoms with Gasteiger partial charge in [-0.05, 0) is 29.8 Å². The number of nitrogens with zero attached hydrogens (tertiary/aromatic N) is 2. The number of nitriles is 1. The van der Waals surface area contributed by atoms with Crippen molar-refractivity contribution < 1.29 is 9.59 Å². The van der Waals surface area contributed by atoms with Gasteiger partial charge in [0.05, 0.1) is 0 Å². The number of rotatable bonds is 6. The number of carbonyl (C=O) groups is 2. The first kappa shape index (κ1) is 17.7. The lowest BCUT2D eigenvalue weighted by Crippen LogP contribution is -2.24. The highest BCUT2D eigenvalue weighted by atomic mass is 16.2. The Labute approximate surface area is 145 Å². The van der Waals surface area contributed by atoms with Crippen molar-refractivity contribution in [2.45, 2.75) is 13.5 Å². The molecule has 0 bridgehead atoms. The zero-order valence-electron chi connectivity index (χ0n) is 13.6. The molecule has 1 aromatic heterocycles. The van der Waals surface area contributed by atoms with Gasteiger partial charge in [0.1, 0.15) is 11.6 Å². The number of benzene rings is 1. The molecule has 2 amide bonds. The SMILES string of the molecule is CC(=O)Nc1cccc(N/C=C(/C#N)C(=O)NCc2cccnc2)c1. The second kappa shape index (κ2) is 8.84. The van der Waals surface area contributed by atoms with E-state index < -0.39 is 5.91 Å². The third kappa shape index (κ3) is 5.80. The van der Waals surface area contributed by atoms with Crippen LogP contribution in [0.1, 0.15) is 12.5 Å².